The van der Waals surface area contributed by atoms with Gasteiger partial charge >= 0.3 is 0 Å². The number of nitrogens with one attached hydrogen (secondary N) is 1. The Bertz CT molecular complexity index is 541. The quantitative estimate of drug-likeness (QED) is 0.711. The van der Waals surface area contributed by atoms with Crippen LogP contribution in [-0.4, -0.2) is 25.2 Å². The third-order valence-electron chi connectivity index (χ3n) is 2.69. The summed E-state index contributed by atoms with van der Waals surface area (Å²) < 4.78 is 39.8. The highest BCUT2D eigenvalue weighted by atomic mass is 32.2. The number of aliphatic hydroxyl groups is 1. The number of halogens is 1. The van der Waals surface area contributed by atoms with Gasteiger partial charge in [-0.2, -0.15) is 0 Å². The van der Waals surface area contributed by atoms with Gasteiger partial charge in [0.1, 0.15) is 10.7 Å². The van der Waals surface area contributed by atoms with Crippen molar-refractivity contribution in [2.45, 2.75) is 37.3 Å². The SMILES string of the molecule is CC(O)C(C)(C)NS(=O)(=O)c1cc(N)ccc1F. The number of nitrogen functional groups attached to an aromatic ring is 1. The van der Waals surface area contributed by atoms with Crippen molar-refractivity contribution in [3.8, 4) is 0 Å². The molecule has 0 aliphatic heterocycles. The second kappa shape index (κ2) is 4.83. The van der Waals surface area contributed by atoms with Gasteiger partial charge in [-0.3, -0.25) is 0 Å². The summed E-state index contributed by atoms with van der Waals surface area (Å²) in [4.78, 5) is -0.531. The Morgan fingerprint density at radius 2 is 2.00 bits per heavy atom. The maximum Gasteiger partial charge on any atom is 0.244 e. The van der Waals surface area contributed by atoms with Crippen molar-refractivity contribution in [1.29, 1.82) is 0 Å². The van der Waals surface area contributed by atoms with Gasteiger partial charge in [-0.25, -0.2) is 17.5 Å². The number of aliphatic hydroxyl groups excluding tert-OH is 1. The van der Waals surface area contributed by atoms with Crippen LogP contribution in [0.1, 0.15) is 20.8 Å². The average Bonchev–Trinajstić information content (AvgIpc) is 2.19. The minimum Gasteiger partial charge on any atom is -0.399 e. The molecule has 7 heteroatoms. The number of sulfonamides is 1. The van der Waals surface area contributed by atoms with Crippen LogP contribution in [-0.2, 0) is 10.0 Å². The van der Waals surface area contributed by atoms with E-state index in [1.54, 1.807) is 0 Å². The van der Waals surface area contributed by atoms with Gasteiger partial charge in [0, 0.05) is 5.69 Å². The minimum absolute atomic E-state index is 0.145. The second-order valence-electron chi connectivity index (χ2n) is 4.69. The molecular formula is C11H17FN2O3S. The molecule has 5 nitrogen and oxygen atoms in total. The van der Waals surface area contributed by atoms with Gasteiger partial charge in [0.15, 0.2) is 0 Å². The largest absolute Gasteiger partial charge is 0.399 e. The van der Waals surface area contributed by atoms with Crippen LogP contribution in [0.15, 0.2) is 23.1 Å². The monoisotopic (exact) mass is 276 g/mol. The standard InChI is InChI=1S/C11H17FN2O3S/c1-7(15)11(2,3)14-18(16,17)10-6-8(13)4-5-9(10)12/h4-7,14-15H,13H2,1-3H3. The molecule has 1 rings (SSSR count). The topological polar surface area (TPSA) is 92.4 Å². The van der Waals surface area contributed by atoms with E-state index in [-0.39, 0.29) is 5.69 Å². The summed E-state index contributed by atoms with van der Waals surface area (Å²) in [6.45, 7) is 4.44. The summed E-state index contributed by atoms with van der Waals surface area (Å²) in [6, 6.07) is 3.29. The molecule has 0 fully saturated rings. The molecular weight excluding hydrogens is 259 g/mol. The van der Waals surface area contributed by atoms with Crippen LogP contribution in [0.4, 0.5) is 10.1 Å². The number of anilines is 1. The van der Waals surface area contributed by atoms with Crippen LogP contribution < -0.4 is 10.5 Å². The van der Waals surface area contributed by atoms with Crippen LogP contribution in [0.5, 0.6) is 0 Å². The number of rotatable bonds is 4. The zero-order valence-electron chi connectivity index (χ0n) is 10.4. The van der Waals surface area contributed by atoms with Crippen LogP contribution in [0.3, 0.4) is 0 Å². The molecule has 1 unspecified atom stereocenters. The summed E-state index contributed by atoms with van der Waals surface area (Å²) in [5.41, 5.74) is 4.47. The first-order valence-corrected chi connectivity index (χ1v) is 6.81. The van der Waals surface area contributed by atoms with Gasteiger partial charge in [-0.1, -0.05) is 0 Å². The maximum atomic E-state index is 13.5. The third kappa shape index (κ3) is 3.18. The van der Waals surface area contributed by atoms with E-state index < -0.39 is 32.4 Å². The Morgan fingerprint density at radius 1 is 1.44 bits per heavy atom. The lowest BCUT2D eigenvalue weighted by Gasteiger charge is -2.28. The summed E-state index contributed by atoms with van der Waals surface area (Å²) in [7, 11) is -4.08. The maximum absolute atomic E-state index is 13.5. The first-order chi connectivity index (χ1) is 8.06. The van der Waals surface area contributed by atoms with Crippen LogP contribution >= 0.6 is 0 Å². The first-order valence-electron chi connectivity index (χ1n) is 5.33. The summed E-state index contributed by atoms with van der Waals surface area (Å²) in [5, 5.41) is 9.47. The van der Waals surface area contributed by atoms with Crippen molar-refractivity contribution < 1.29 is 17.9 Å². The number of nitrogens with two attached hydrogens (primary N) is 1. The molecule has 1 atom stereocenters. The molecule has 18 heavy (non-hydrogen) atoms. The molecule has 1 aromatic carbocycles. The highest BCUT2D eigenvalue weighted by molar-refractivity contribution is 7.89. The summed E-state index contributed by atoms with van der Waals surface area (Å²) in [6.07, 6.45) is -0.934. The average molecular weight is 276 g/mol. The zero-order chi connectivity index (χ0) is 14.1. The molecule has 0 bridgehead atoms. The molecule has 0 aromatic heterocycles. The fourth-order valence-electron chi connectivity index (χ4n) is 1.21. The molecule has 0 saturated heterocycles. The van der Waals surface area contributed by atoms with Gasteiger partial charge in [0.25, 0.3) is 0 Å². The summed E-state index contributed by atoms with van der Waals surface area (Å²) in [5.74, 6) is -0.891. The van der Waals surface area contributed by atoms with E-state index in [2.05, 4.69) is 4.72 Å². The molecule has 0 heterocycles. The Kier molecular flexibility index (Phi) is 3.99. The fraction of sp³-hybridized carbons (Fsp3) is 0.455. The zero-order valence-corrected chi connectivity index (χ0v) is 11.3. The lowest BCUT2D eigenvalue weighted by molar-refractivity contribution is 0.111. The van der Waals surface area contributed by atoms with Crippen molar-refractivity contribution in [2.24, 2.45) is 0 Å². The second-order valence-corrected chi connectivity index (χ2v) is 6.34. The molecule has 1 aromatic rings. The number of benzene rings is 1. The highest BCUT2D eigenvalue weighted by Gasteiger charge is 2.31. The molecule has 0 aliphatic rings. The van der Waals surface area contributed by atoms with Crippen LogP contribution in [0.2, 0.25) is 0 Å². The van der Waals surface area contributed by atoms with E-state index in [1.165, 1.54) is 26.8 Å². The predicted molar refractivity (Wildman–Crippen MR) is 66.9 cm³/mol. The molecule has 0 radical (unpaired) electrons. The predicted octanol–water partition coefficient (Wildman–Crippen LogP) is 0.846. The van der Waals surface area contributed by atoms with E-state index in [4.69, 9.17) is 5.73 Å². The van der Waals surface area contributed by atoms with Gasteiger partial charge in [0.05, 0.1) is 11.6 Å². The van der Waals surface area contributed by atoms with Crippen molar-refractivity contribution in [3.63, 3.8) is 0 Å². The van der Waals surface area contributed by atoms with Gasteiger partial charge in [-0.05, 0) is 39.0 Å². The van der Waals surface area contributed by atoms with Crippen LogP contribution in [0, 0.1) is 5.82 Å². The van der Waals surface area contributed by atoms with E-state index in [0.29, 0.717) is 0 Å². The highest BCUT2D eigenvalue weighted by Crippen LogP contribution is 2.20. The minimum atomic E-state index is -4.08. The first kappa shape index (κ1) is 14.9. The molecule has 0 saturated carbocycles. The van der Waals surface area contributed by atoms with Gasteiger partial charge < -0.3 is 10.8 Å². The third-order valence-corrected chi connectivity index (χ3v) is 4.37. The molecule has 102 valence electrons. The normalized spacial score (nSPS) is 14.5. The molecule has 4 N–H and O–H groups in total. The molecule has 0 amide bonds. The lowest BCUT2D eigenvalue weighted by atomic mass is 10.0. The van der Waals surface area contributed by atoms with Crippen molar-refractivity contribution in [3.05, 3.63) is 24.0 Å². The Hall–Kier alpha value is -1.18. The lowest BCUT2D eigenvalue weighted by Crippen LogP contribution is -2.50. The van der Waals surface area contributed by atoms with Crippen LogP contribution in [0.25, 0.3) is 0 Å². The molecule has 0 aliphatic carbocycles. The Balaban J connectivity index is 3.19. The van der Waals surface area contributed by atoms with Crippen molar-refractivity contribution in [2.75, 3.05) is 5.73 Å². The number of hydrogen-bond acceptors (Lipinski definition) is 4. The van der Waals surface area contributed by atoms with E-state index in [0.717, 1.165) is 12.1 Å². The van der Waals surface area contributed by atoms with Gasteiger partial charge in [-0.15, -0.1) is 0 Å². The molecule has 0 spiro atoms. The van der Waals surface area contributed by atoms with Gasteiger partial charge in [0.2, 0.25) is 10.0 Å². The Labute approximate surface area is 106 Å². The fourth-order valence-corrected chi connectivity index (χ4v) is 2.80. The number of hydrogen-bond donors (Lipinski definition) is 3. The van der Waals surface area contributed by atoms with Crippen molar-refractivity contribution in [1.82, 2.24) is 4.72 Å². The smallest absolute Gasteiger partial charge is 0.244 e. The summed E-state index contributed by atoms with van der Waals surface area (Å²) >= 11 is 0. The van der Waals surface area contributed by atoms with Crippen molar-refractivity contribution >= 4 is 15.7 Å². The van der Waals surface area contributed by atoms with E-state index in [1.807, 2.05) is 0 Å². The van der Waals surface area contributed by atoms with E-state index in [9.17, 15) is 17.9 Å². The Morgan fingerprint density at radius 3 is 2.50 bits per heavy atom. The van der Waals surface area contributed by atoms with E-state index >= 15 is 0 Å².